The zero-order valence-electron chi connectivity index (χ0n) is 13.1. The Hall–Kier alpha value is -0.900. The van der Waals surface area contributed by atoms with Gasteiger partial charge in [0.15, 0.2) is 0 Å². The lowest BCUT2D eigenvalue weighted by Gasteiger charge is -2.32. The average Bonchev–Trinajstić information content (AvgIpc) is 2.85. The molecule has 1 saturated heterocycles. The van der Waals surface area contributed by atoms with Crippen LogP contribution >= 0.6 is 0 Å². The second-order valence-corrected chi connectivity index (χ2v) is 6.24. The first-order valence-electron chi connectivity index (χ1n) is 7.66. The van der Waals surface area contributed by atoms with Crippen molar-refractivity contribution in [2.24, 2.45) is 5.41 Å². The van der Waals surface area contributed by atoms with Gasteiger partial charge in [0.05, 0.1) is 6.61 Å². The van der Waals surface area contributed by atoms with E-state index in [1.54, 1.807) is 0 Å². The first-order valence-corrected chi connectivity index (χ1v) is 7.66. The largest absolute Gasteiger partial charge is 0.381 e. The number of ether oxygens (including phenoxy) is 1. The zero-order valence-corrected chi connectivity index (χ0v) is 13.1. The summed E-state index contributed by atoms with van der Waals surface area (Å²) < 4.78 is 5.66. The summed E-state index contributed by atoms with van der Waals surface area (Å²) in [6.45, 7) is 10.3. The van der Waals surface area contributed by atoms with Crippen LogP contribution in [0.2, 0.25) is 0 Å². The minimum Gasteiger partial charge on any atom is -0.381 e. The molecule has 0 bridgehead atoms. The van der Waals surface area contributed by atoms with E-state index < -0.39 is 0 Å². The van der Waals surface area contributed by atoms with Crippen molar-refractivity contribution in [1.82, 2.24) is 10.2 Å². The van der Waals surface area contributed by atoms with E-state index in [0.29, 0.717) is 0 Å². The molecule has 2 rings (SSSR count). The monoisotopic (exact) mass is 276 g/mol. The molecular formula is C17H28N2O. The number of hydrogen-bond donors (Lipinski definition) is 1. The SMILES string of the molecule is CCNCC1(CN(C)Cc2cccc(C)c2)CCOC1. The maximum atomic E-state index is 5.66. The Bertz CT molecular complexity index is 413. The van der Waals surface area contributed by atoms with E-state index in [0.717, 1.165) is 45.8 Å². The third kappa shape index (κ3) is 4.30. The third-order valence-corrected chi connectivity index (χ3v) is 4.08. The van der Waals surface area contributed by atoms with Crippen molar-refractivity contribution in [3.05, 3.63) is 35.4 Å². The minimum absolute atomic E-state index is 0.286. The summed E-state index contributed by atoms with van der Waals surface area (Å²) in [6.07, 6.45) is 1.16. The molecule has 1 aliphatic heterocycles. The molecule has 112 valence electrons. The number of hydrogen-bond acceptors (Lipinski definition) is 3. The van der Waals surface area contributed by atoms with Gasteiger partial charge in [-0.05, 0) is 32.5 Å². The molecule has 0 amide bonds. The van der Waals surface area contributed by atoms with Crippen molar-refractivity contribution >= 4 is 0 Å². The Kier molecular flexibility index (Phi) is 5.58. The van der Waals surface area contributed by atoms with E-state index in [1.165, 1.54) is 11.1 Å². The Morgan fingerprint density at radius 3 is 2.90 bits per heavy atom. The predicted molar refractivity (Wildman–Crippen MR) is 83.9 cm³/mol. The lowest BCUT2D eigenvalue weighted by Crippen LogP contribution is -2.43. The van der Waals surface area contributed by atoms with Crippen LogP contribution in [-0.4, -0.2) is 44.8 Å². The molecular weight excluding hydrogens is 248 g/mol. The highest BCUT2D eigenvalue weighted by Crippen LogP contribution is 2.29. The predicted octanol–water partition coefficient (Wildman–Crippen LogP) is 2.44. The van der Waals surface area contributed by atoms with E-state index in [9.17, 15) is 0 Å². The molecule has 1 aromatic carbocycles. The van der Waals surface area contributed by atoms with Crippen molar-refractivity contribution in [3.8, 4) is 0 Å². The molecule has 1 aliphatic rings. The van der Waals surface area contributed by atoms with Crippen LogP contribution in [0.25, 0.3) is 0 Å². The van der Waals surface area contributed by atoms with Crippen molar-refractivity contribution in [2.75, 3.05) is 39.9 Å². The first-order chi connectivity index (χ1) is 9.63. The fraction of sp³-hybridized carbons (Fsp3) is 0.647. The van der Waals surface area contributed by atoms with Crippen LogP contribution in [0.15, 0.2) is 24.3 Å². The van der Waals surface area contributed by atoms with Gasteiger partial charge in [0.2, 0.25) is 0 Å². The van der Waals surface area contributed by atoms with Gasteiger partial charge in [0.1, 0.15) is 0 Å². The standard InChI is InChI=1S/C17H28N2O/c1-4-18-12-17(8-9-20-14-17)13-19(3)11-16-7-5-6-15(2)10-16/h5-7,10,18H,4,8-9,11-14H2,1-3H3. The first kappa shape index (κ1) is 15.5. The lowest BCUT2D eigenvalue weighted by molar-refractivity contribution is 0.117. The Labute approximate surface area is 123 Å². The number of aryl methyl sites for hydroxylation is 1. The fourth-order valence-corrected chi connectivity index (χ4v) is 3.11. The molecule has 20 heavy (non-hydrogen) atoms. The molecule has 1 unspecified atom stereocenters. The van der Waals surface area contributed by atoms with Gasteiger partial charge in [0.25, 0.3) is 0 Å². The normalized spacial score (nSPS) is 22.6. The molecule has 0 aromatic heterocycles. The quantitative estimate of drug-likeness (QED) is 0.828. The van der Waals surface area contributed by atoms with Crippen LogP contribution < -0.4 is 5.32 Å². The van der Waals surface area contributed by atoms with Gasteiger partial charge < -0.3 is 15.0 Å². The highest BCUT2D eigenvalue weighted by atomic mass is 16.5. The summed E-state index contributed by atoms with van der Waals surface area (Å²) in [4.78, 5) is 2.43. The summed E-state index contributed by atoms with van der Waals surface area (Å²) >= 11 is 0. The van der Waals surface area contributed by atoms with E-state index in [1.807, 2.05) is 0 Å². The molecule has 1 heterocycles. The van der Waals surface area contributed by atoms with Gasteiger partial charge in [-0.3, -0.25) is 0 Å². The van der Waals surface area contributed by atoms with E-state index in [-0.39, 0.29) is 5.41 Å². The summed E-state index contributed by atoms with van der Waals surface area (Å²) in [5.74, 6) is 0. The topological polar surface area (TPSA) is 24.5 Å². The summed E-state index contributed by atoms with van der Waals surface area (Å²) in [5, 5.41) is 3.50. The van der Waals surface area contributed by atoms with Gasteiger partial charge >= 0.3 is 0 Å². The average molecular weight is 276 g/mol. The zero-order chi connectivity index (χ0) is 14.4. The van der Waals surface area contributed by atoms with Gasteiger partial charge in [-0.25, -0.2) is 0 Å². The minimum atomic E-state index is 0.286. The van der Waals surface area contributed by atoms with Crippen molar-refractivity contribution < 1.29 is 4.74 Å². The Morgan fingerprint density at radius 1 is 1.40 bits per heavy atom. The second kappa shape index (κ2) is 7.21. The maximum absolute atomic E-state index is 5.66. The van der Waals surface area contributed by atoms with Gasteiger partial charge in [0, 0.05) is 31.7 Å². The molecule has 3 nitrogen and oxygen atoms in total. The van der Waals surface area contributed by atoms with Crippen LogP contribution in [0.4, 0.5) is 0 Å². The molecule has 1 aromatic rings. The van der Waals surface area contributed by atoms with Crippen molar-refractivity contribution in [3.63, 3.8) is 0 Å². The van der Waals surface area contributed by atoms with Crippen LogP contribution in [0.5, 0.6) is 0 Å². The molecule has 1 atom stereocenters. The van der Waals surface area contributed by atoms with Crippen LogP contribution in [0.1, 0.15) is 24.5 Å². The van der Waals surface area contributed by atoms with Crippen molar-refractivity contribution in [2.45, 2.75) is 26.8 Å². The van der Waals surface area contributed by atoms with E-state index >= 15 is 0 Å². The molecule has 1 N–H and O–H groups in total. The van der Waals surface area contributed by atoms with E-state index in [4.69, 9.17) is 4.74 Å². The highest BCUT2D eigenvalue weighted by Gasteiger charge is 2.35. The smallest absolute Gasteiger partial charge is 0.0547 e. The van der Waals surface area contributed by atoms with Crippen LogP contribution in [0.3, 0.4) is 0 Å². The van der Waals surface area contributed by atoms with Crippen LogP contribution in [0, 0.1) is 12.3 Å². The summed E-state index contributed by atoms with van der Waals surface area (Å²) in [7, 11) is 2.22. The number of rotatable bonds is 7. The second-order valence-electron chi connectivity index (χ2n) is 6.24. The van der Waals surface area contributed by atoms with Gasteiger partial charge in [-0.2, -0.15) is 0 Å². The Morgan fingerprint density at radius 2 is 2.25 bits per heavy atom. The van der Waals surface area contributed by atoms with Gasteiger partial charge in [-0.1, -0.05) is 36.8 Å². The molecule has 1 fully saturated rings. The Balaban J connectivity index is 1.93. The van der Waals surface area contributed by atoms with E-state index in [2.05, 4.69) is 55.4 Å². The summed E-state index contributed by atoms with van der Waals surface area (Å²) in [5.41, 5.74) is 3.02. The number of benzene rings is 1. The molecule has 0 aliphatic carbocycles. The molecule has 3 heteroatoms. The maximum Gasteiger partial charge on any atom is 0.0547 e. The number of nitrogens with zero attached hydrogens (tertiary/aromatic N) is 1. The summed E-state index contributed by atoms with van der Waals surface area (Å²) in [6, 6.07) is 8.79. The third-order valence-electron chi connectivity index (χ3n) is 4.08. The van der Waals surface area contributed by atoms with Crippen molar-refractivity contribution in [1.29, 1.82) is 0 Å². The molecule has 0 radical (unpaired) electrons. The van der Waals surface area contributed by atoms with Gasteiger partial charge in [-0.15, -0.1) is 0 Å². The number of nitrogens with one attached hydrogen (secondary N) is 1. The fourth-order valence-electron chi connectivity index (χ4n) is 3.11. The van der Waals surface area contributed by atoms with Crippen LogP contribution in [-0.2, 0) is 11.3 Å². The highest BCUT2D eigenvalue weighted by molar-refractivity contribution is 5.22. The molecule has 0 spiro atoms. The molecule has 0 saturated carbocycles. The lowest BCUT2D eigenvalue weighted by atomic mass is 9.86.